The van der Waals surface area contributed by atoms with E-state index in [4.69, 9.17) is 17.7 Å². The number of nitrogens with zero attached hydrogens (tertiary/aromatic N) is 4. The lowest BCUT2D eigenvalue weighted by Crippen LogP contribution is -2.11. The van der Waals surface area contributed by atoms with E-state index in [0.29, 0.717) is 0 Å². The van der Waals surface area contributed by atoms with Gasteiger partial charge in [0.2, 0.25) is 0 Å². The summed E-state index contributed by atoms with van der Waals surface area (Å²) < 4.78 is 27.6. The minimum Gasteiger partial charge on any atom is -0.452 e. The van der Waals surface area contributed by atoms with Crippen molar-refractivity contribution in [1.29, 1.82) is 0 Å². The van der Waals surface area contributed by atoms with E-state index >= 15 is 0 Å². The van der Waals surface area contributed by atoms with E-state index < -0.39 is 0 Å². The van der Waals surface area contributed by atoms with Crippen LogP contribution in [0, 0.1) is 13.8 Å². The van der Waals surface area contributed by atoms with Crippen molar-refractivity contribution in [3.8, 4) is 11.1 Å². The molecule has 4 aromatic heterocycles. The Balaban J connectivity index is 0.574. The smallest absolute Gasteiger partial charge is 0.178 e. The highest BCUT2D eigenvalue weighted by Crippen LogP contribution is 2.48. The maximum Gasteiger partial charge on any atom is 0.178 e. The molecule has 22 rings (SSSR count). The third kappa shape index (κ3) is 10.4. The first kappa shape index (κ1) is 62.7. The third-order valence-corrected chi connectivity index (χ3v) is 22.3. The third-order valence-electron chi connectivity index (χ3n) is 22.3. The molecule has 4 heterocycles. The molecule has 8 nitrogen and oxygen atoms in total. The zero-order valence-electron chi connectivity index (χ0n) is 60.1. The first-order valence-corrected chi connectivity index (χ1v) is 37.4. The fourth-order valence-electron chi connectivity index (χ4n) is 16.9. The summed E-state index contributed by atoms with van der Waals surface area (Å²) >= 11 is 0. The van der Waals surface area contributed by atoms with E-state index in [2.05, 4.69) is 397 Å². The SMILES string of the molecule is Cc1ccccc1N(c1ccccc1)c1ccc2cc3c(cc2c1)oc1c3ccc2c3cc4ccc(N(c5ccc(-c6cccc(N(c7ccccc7)c7ccc8cc9c(cc8c7)oc7c9ccc8c9cc%10ccc(N(c%11ccccc%11)c%11ccccc%11)cc%10cc9oc87)c6)cc5)c5ccccc5C)cc4cc3oc21. The van der Waals surface area contributed by atoms with Crippen molar-refractivity contribution in [3.05, 3.63) is 375 Å². The molecule has 0 atom stereocenters. The largest absolute Gasteiger partial charge is 0.452 e. The van der Waals surface area contributed by atoms with Gasteiger partial charge >= 0.3 is 0 Å². The van der Waals surface area contributed by atoms with E-state index in [9.17, 15) is 0 Å². The molecule has 110 heavy (non-hydrogen) atoms. The quantitative estimate of drug-likeness (QED) is 0.113. The minimum atomic E-state index is 0.744. The van der Waals surface area contributed by atoms with Gasteiger partial charge in [-0.05, 0) is 285 Å². The van der Waals surface area contributed by atoms with Crippen molar-refractivity contribution in [3.63, 3.8) is 0 Å². The molecule has 18 aromatic carbocycles. The van der Waals surface area contributed by atoms with E-state index in [-0.39, 0.29) is 0 Å². The van der Waals surface area contributed by atoms with Crippen molar-refractivity contribution >= 4 is 199 Å². The fourth-order valence-corrected chi connectivity index (χ4v) is 16.9. The second-order valence-corrected chi connectivity index (χ2v) is 28.9. The van der Waals surface area contributed by atoms with Gasteiger partial charge in [0.1, 0.15) is 22.3 Å². The normalized spacial score (nSPS) is 11.9. The fraction of sp³-hybridized carbons (Fsp3) is 0.0196. The number of furan rings is 4. The molecule has 0 bridgehead atoms. The molecule has 0 amide bonds. The van der Waals surface area contributed by atoms with Gasteiger partial charge in [0.15, 0.2) is 22.3 Å². The zero-order valence-corrected chi connectivity index (χ0v) is 60.1. The average molecular weight is 1410 g/mol. The number of hydrogen-bond donors (Lipinski definition) is 0. The lowest BCUT2D eigenvalue weighted by atomic mass is 10.0. The Labute approximate surface area is 632 Å². The highest BCUT2D eigenvalue weighted by molar-refractivity contribution is 6.23. The lowest BCUT2D eigenvalue weighted by molar-refractivity contribution is 0.634. The Morgan fingerprint density at radius 2 is 0.445 bits per heavy atom. The average Bonchev–Trinajstić information content (AvgIpc) is 1.58. The number of fused-ring (bicyclic) bond motifs is 18. The second-order valence-electron chi connectivity index (χ2n) is 28.9. The zero-order chi connectivity index (χ0) is 72.7. The highest BCUT2D eigenvalue weighted by atomic mass is 16.4. The summed E-state index contributed by atoms with van der Waals surface area (Å²) in [5.74, 6) is 0. The predicted octanol–water partition coefficient (Wildman–Crippen LogP) is 30.1. The van der Waals surface area contributed by atoms with Crippen molar-refractivity contribution in [2.45, 2.75) is 13.8 Å². The number of aryl methyl sites for hydroxylation is 2. The Hall–Kier alpha value is -14.6. The van der Waals surface area contributed by atoms with Crippen LogP contribution in [0.1, 0.15) is 11.1 Å². The summed E-state index contributed by atoms with van der Waals surface area (Å²) in [6, 6.07) is 131. The topological polar surface area (TPSA) is 65.5 Å². The summed E-state index contributed by atoms with van der Waals surface area (Å²) in [7, 11) is 0. The maximum absolute atomic E-state index is 6.94. The van der Waals surface area contributed by atoms with Gasteiger partial charge < -0.3 is 37.3 Å². The molecule has 0 spiro atoms. The van der Waals surface area contributed by atoms with Gasteiger partial charge in [-0.2, -0.15) is 0 Å². The van der Waals surface area contributed by atoms with Gasteiger partial charge in [-0.15, -0.1) is 0 Å². The second kappa shape index (κ2) is 25.0. The number of hydrogen-bond acceptors (Lipinski definition) is 8. The first-order valence-electron chi connectivity index (χ1n) is 37.4. The molecular weight excluding hydrogens is 1350 g/mol. The van der Waals surface area contributed by atoms with Crippen LogP contribution in [0.3, 0.4) is 0 Å². The van der Waals surface area contributed by atoms with Gasteiger partial charge in [0.05, 0.1) is 0 Å². The summed E-state index contributed by atoms with van der Waals surface area (Å²) in [5, 5.41) is 17.1. The van der Waals surface area contributed by atoms with Crippen LogP contribution in [-0.4, -0.2) is 0 Å². The van der Waals surface area contributed by atoms with Crippen molar-refractivity contribution in [2.75, 3.05) is 19.6 Å². The molecule has 0 fully saturated rings. The highest BCUT2D eigenvalue weighted by Gasteiger charge is 2.25. The summed E-state index contributed by atoms with van der Waals surface area (Å²) in [4.78, 5) is 9.33. The van der Waals surface area contributed by atoms with Crippen molar-refractivity contribution in [2.24, 2.45) is 0 Å². The van der Waals surface area contributed by atoms with Crippen LogP contribution in [0.2, 0.25) is 0 Å². The Kier molecular flexibility index (Phi) is 14.3. The van der Waals surface area contributed by atoms with E-state index in [0.717, 1.165) is 216 Å². The molecule has 22 aromatic rings. The van der Waals surface area contributed by atoms with Crippen molar-refractivity contribution < 1.29 is 17.7 Å². The Morgan fingerprint density at radius 3 is 0.791 bits per heavy atom. The van der Waals surface area contributed by atoms with E-state index in [1.165, 1.54) is 5.56 Å². The van der Waals surface area contributed by atoms with Crippen LogP contribution in [0.15, 0.2) is 382 Å². The monoisotopic (exact) mass is 1410 g/mol. The first-order chi connectivity index (χ1) is 54.3. The molecule has 518 valence electrons. The molecule has 0 aliphatic rings. The lowest BCUT2D eigenvalue weighted by Gasteiger charge is -2.28. The molecule has 0 unspecified atom stereocenters. The van der Waals surface area contributed by atoms with Crippen LogP contribution in [0.5, 0.6) is 0 Å². The minimum absolute atomic E-state index is 0.744. The standard InChI is InChI=1S/C102H66N4O4/c1-63-20-15-17-32-93(63)105(78-29-13-6-14-30-78)83-44-38-69-57-91-87-48-49-88-92-58-70-39-45-84(54-74(70)62-98(92)110-102(88)101(87)109-97(91)61-73(69)53-83)106(94-33-18-16-21-64(94)2)79-40-34-65(35-41-79)66-22-19-31-80(50-66)104(77-27-11-5-12-28-77)82-43-37-68-56-90-86-47-46-85-89-55-67-36-42-81(103(75-23-7-3-8-24-75)76-25-9-4-10-26-76)51-71(67)59-95(89)107-99(85)100(86)108-96(90)60-72(68)52-82/h3-62H,1-2H3. The van der Waals surface area contributed by atoms with Crippen LogP contribution in [0.4, 0.5) is 68.2 Å². The molecule has 8 heteroatoms. The summed E-state index contributed by atoms with van der Waals surface area (Å²) in [5.41, 5.74) is 23.6. The molecule has 0 saturated heterocycles. The molecular formula is C102H66N4O4. The Bertz CT molecular complexity index is 7410. The van der Waals surface area contributed by atoms with E-state index in [1.807, 2.05) is 0 Å². The Morgan fingerprint density at radius 1 is 0.173 bits per heavy atom. The predicted molar refractivity (Wildman–Crippen MR) is 459 cm³/mol. The summed E-state index contributed by atoms with van der Waals surface area (Å²) in [6.07, 6.45) is 0. The van der Waals surface area contributed by atoms with E-state index in [1.54, 1.807) is 0 Å². The summed E-state index contributed by atoms with van der Waals surface area (Å²) in [6.45, 7) is 4.35. The number of para-hydroxylation sites is 6. The number of rotatable bonds is 13. The molecule has 0 saturated carbocycles. The van der Waals surface area contributed by atoms with Gasteiger partial charge in [-0.25, -0.2) is 0 Å². The number of benzene rings is 18. The van der Waals surface area contributed by atoms with Gasteiger partial charge in [0, 0.05) is 111 Å². The van der Waals surface area contributed by atoms with Crippen LogP contribution < -0.4 is 19.6 Å². The number of anilines is 12. The van der Waals surface area contributed by atoms with Gasteiger partial charge in [-0.3, -0.25) is 0 Å². The molecule has 0 aliphatic carbocycles. The molecule has 0 aliphatic heterocycles. The van der Waals surface area contributed by atoms with Crippen molar-refractivity contribution in [1.82, 2.24) is 0 Å². The molecule has 0 radical (unpaired) electrons. The van der Waals surface area contributed by atoms with Gasteiger partial charge in [-0.1, -0.05) is 158 Å². The van der Waals surface area contributed by atoms with Gasteiger partial charge in [0.25, 0.3) is 0 Å². The molecule has 0 N–H and O–H groups in total. The van der Waals surface area contributed by atoms with Crippen LogP contribution in [0.25, 0.3) is 142 Å². The van der Waals surface area contributed by atoms with Crippen LogP contribution in [-0.2, 0) is 0 Å². The maximum atomic E-state index is 6.94. The van der Waals surface area contributed by atoms with Crippen LogP contribution >= 0.6 is 0 Å².